The van der Waals surface area contributed by atoms with E-state index < -0.39 is 0 Å². The number of piperidine rings is 2. The molecule has 6 heteroatoms. The van der Waals surface area contributed by atoms with Crippen LogP contribution in [0, 0.1) is 0 Å². The van der Waals surface area contributed by atoms with Crippen LogP contribution in [0.25, 0.3) is 0 Å². The molecule has 3 rings (SSSR count). The molecule has 1 amide bonds. The van der Waals surface area contributed by atoms with Gasteiger partial charge < -0.3 is 19.7 Å². The number of nitrogens with one attached hydrogen (secondary N) is 1. The second kappa shape index (κ2) is 8.15. The van der Waals surface area contributed by atoms with Crippen LogP contribution in [0.2, 0.25) is 0 Å². The predicted molar refractivity (Wildman–Crippen MR) is 86.4 cm³/mol. The predicted octanol–water partition coefficient (Wildman–Crippen LogP) is 2.20. The Labute approximate surface area is 137 Å². The summed E-state index contributed by atoms with van der Waals surface area (Å²) in [5, 5.41) is 3.28. The molecule has 0 aliphatic carbocycles. The van der Waals surface area contributed by atoms with Crippen molar-refractivity contribution in [2.45, 2.75) is 44.2 Å². The van der Waals surface area contributed by atoms with Crippen molar-refractivity contribution in [1.82, 2.24) is 15.2 Å². The minimum atomic E-state index is -0.184. The highest BCUT2D eigenvalue weighted by atomic mass is 16.6. The third-order valence-corrected chi connectivity index (χ3v) is 4.49. The fourth-order valence-corrected chi connectivity index (χ4v) is 3.16. The van der Waals surface area contributed by atoms with Crippen LogP contribution in [0.4, 0.5) is 4.79 Å². The average molecular weight is 319 g/mol. The normalized spacial score (nSPS) is 22.6. The standard InChI is InChI=1S/C17H25N3O3/c21-17(23-15-6-9-18-10-7-15)20-11-2-1-4-14(20)13-22-16-5-3-8-19-12-16/h3,5,8,12,14-15,18H,1-2,4,6-7,9-11,13H2. The van der Waals surface area contributed by atoms with Gasteiger partial charge in [-0.3, -0.25) is 4.98 Å². The molecule has 0 saturated carbocycles. The summed E-state index contributed by atoms with van der Waals surface area (Å²) in [6.07, 6.45) is 8.19. The molecule has 1 aromatic rings. The molecule has 0 aromatic carbocycles. The molecule has 1 unspecified atom stereocenters. The van der Waals surface area contributed by atoms with E-state index >= 15 is 0 Å². The molecule has 126 valence electrons. The summed E-state index contributed by atoms with van der Waals surface area (Å²) in [6, 6.07) is 3.81. The number of nitrogens with zero attached hydrogens (tertiary/aromatic N) is 2. The van der Waals surface area contributed by atoms with Crippen LogP contribution in [-0.2, 0) is 4.74 Å². The average Bonchev–Trinajstić information content (AvgIpc) is 2.62. The van der Waals surface area contributed by atoms with Gasteiger partial charge in [0.25, 0.3) is 0 Å². The van der Waals surface area contributed by atoms with Gasteiger partial charge in [-0.05, 0) is 57.3 Å². The first-order valence-electron chi connectivity index (χ1n) is 8.54. The van der Waals surface area contributed by atoms with Crippen molar-refractivity contribution in [2.75, 3.05) is 26.2 Å². The topological polar surface area (TPSA) is 63.7 Å². The van der Waals surface area contributed by atoms with E-state index in [1.807, 2.05) is 17.0 Å². The zero-order valence-corrected chi connectivity index (χ0v) is 13.4. The van der Waals surface area contributed by atoms with Crippen LogP contribution in [-0.4, -0.2) is 54.4 Å². The molecule has 2 fully saturated rings. The Hall–Kier alpha value is -1.82. The number of likely N-dealkylation sites (tertiary alicyclic amines) is 1. The molecule has 23 heavy (non-hydrogen) atoms. The third-order valence-electron chi connectivity index (χ3n) is 4.49. The molecular weight excluding hydrogens is 294 g/mol. The van der Waals surface area contributed by atoms with Crippen LogP contribution in [0.15, 0.2) is 24.5 Å². The zero-order valence-electron chi connectivity index (χ0n) is 13.4. The van der Waals surface area contributed by atoms with E-state index in [0.29, 0.717) is 6.61 Å². The Morgan fingerprint density at radius 1 is 1.30 bits per heavy atom. The maximum absolute atomic E-state index is 12.5. The van der Waals surface area contributed by atoms with Crippen molar-refractivity contribution in [2.24, 2.45) is 0 Å². The van der Waals surface area contributed by atoms with Gasteiger partial charge >= 0.3 is 6.09 Å². The number of rotatable bonds is 4. The van der Waals surface area contributed by atoms with E-state index in [-0.39, 0.29) is 18.2 Å². The molecule has 1 N–H and O–H groups in total. The number of aromatic nitrogens is 1. The van der Waals surface area contributed by atoms with Gasteiger partial charge in [-0.15, -0.1) is 0 Å². The molecule has 1 atom stereocenters. The maximum Gasteiger partial charge on any atom is 0.410 e. The molecule has 2 saturated heterocycles. The van der Waals surface area contributed by atoms with E-state index in [9.17, 15) is 4.79 Å². The van der Waals surface area contributed by atoms with Gasteiger partial charge in [0.05, 0.1) is 12.2 Å². The van der Waals surface area contributed by atoms with Crippen LogP contribution >= 0.6 is 0 Å². The lowest BCUT2D eigenvalue weighted by molar-refractivity contribution is 0.0227. The fourth-order valence-electron chi connectivity index (χ4n) is 3.16. The minimum absolute atomic E-state index is 0.0468. The number of carbonyl (C=O) groups excluding carboxylic acids is 1. The van der Waals surface area contributed by atoms with E-state index in [1.165, 1.54) is 0 Å². The molecule has 6 nitrogen and oxygen atoms in total. The molecule has 3 heterocycles. The number of pyridine rings is 1. The number of hydrogen-bond acceptors (Lipinski definition) is 5. The fraction of sp³-hybridized carbons (Fsp3) is 0.647. The monoisotopic (exact) mass is 319 g/mol. The number of hydrogen-bond donors (Lipinski definition) is 1. The smallest absolute Gasteiger partial charge is 0.410 e. The number of amides is 1. The molecule has 0 radical (unpaired) electrons. The SMILES string of the molecule is O=C(OC1CCNCC1)N1CCCCC1COc1cccnc1. The quantitative estimate of drug-likeness (QED) is 0.922. The Balaban J connectivity index is 1.53. The third kappa shape index (κ3) is 4.58. The Morgan fingerprint density at radius 2 is 2.17 bits per heavy atom. The van der Waals surface area contributed by atoms with Gasteiger partial charge in [-0.25, -0.2) is 4.79 Å². The highest BCUT2D eigenvalue weighted by Gasteiger charge is 2.30. The van der Waals surface area contributed by atoms with Gasteiger partial charge in [0.1, 0.15) is 18.5 Å². The lowest BCUT2D eigenvalue weighted by atomic mass is 10.0. The van der Waals surface area contributed by atoms with Crippen LogP contribution in [0.3, 0.4) is 0 Å². The largest absolute Gasteiger partial charge is 0.490 e. The summed E-state index contributed by atoms with van der Waals surface area (Å²) in [5.41, 5.74) is 0. The van der Waals surface area contributed by atoms with Crippen molar-refractivity contribution in [3.8, 4) is 5.75 Å². The summed E-state index contributed by atoms with van der Waals surface area (Å²) < 4.78 is 11.5. The number of carbonyl (C=O) groups is 1. The molecule has 0 spiro atoms. The molecule has 2 aliphatic heterocycles. The van der Waals surface area contributed by atoms with Gasteiger partial charge in [-0.1, -0.05) is 0 Å². The van der Waals surface area contributed by atoms with Gasteiger partial charge in [0.2, 0.25) is 0 Å². The van der Waals surface area contributed by atoms with Crippen LogP contribution in [0.5, 0.6) is 5.75 Å². The maximum atomic E-state index is 12.5. The second-order valence-electron chi connectivity index (χ2n) is 6.18. The zero-order chi connectivity index (χ0) is 15.9. The lowest BCUT2D eigenvalue weighted by Crippen LogP contribution is -2.48. The van der Waals surface area contributed by atoms with Gasteiger partial charge in [-0.2, -0.15) is 0 Å². The molecule has 1 aromatic heterocycles. The number of ether oxygens (including phenoxy) is 2. The summed E-state index contributed by atoms with van der Waals surface area (Å²) in [5.74, 6) is 0.741. The Kier molecular flexibility index (Phi) is 5.69. The second-order valence-corrected chi connectivity index (χ2v) is 6.18. The first-order chi connectivity index (χ1) is 11.3. The summed E-state index contributed by atoms with van der Waals surface area (Å²) in [4.78, 5) is 18.4. The molecular formula is C17H25N3O3. The van der Waals surface area contributed by atoms with E-state index in [4.69, 9.17) is 9.47 Å². The summed E-state index contributed by atoms with van der Waals surface area (Å²) >= 11 is 0. The van der Waals surface area contributed by atoms with Crippen molar-refractivity contribution in [3.63, 3.8) is 0 Å². The van der Waals surface area contributed by atoms with Crippen LogP contribution < -0.4 is 10.1 Å². The first-order valence-corrected chi connectivity index (χ1v) is 8.54. The van der Waals surface area contributed by atoms with Gasteiger partial charge in [0, 0.05) is 12.7 Å². The van der Waals surface area contributed by atoms with Crippen LogP contribution in [0.1, 0.15) is 32.1 Å². The Morgan fingerprint density at radius 3 is 2.96 bits per heavy atom. The minimum Gasteiger partial charge on any atom is -0.490 e. The summed E-state index contributed by atoms with van der Waals surface area (Å²) in [6.45, 7) is 3.09. The lowest BCUT2D eigenvalue weighted by Gasteiger charge is -2.36. The van der Waals surface area contributed by atoms with E-state index in [2.05, 4.69) is 10.3 Å². The highest BCUT2D eigenvalue weighted by molar-refractivity contribution is 5.68. The van der Waals surface area contributed by atoms with Gasteiger partial charge in [0.15, 0.2) is 0 Å². The highest BCUT2D eigenvalue weighted by Crippen LogP contribution is 2.21. The van der Waals surface area contributed by atoms with Crippen molar-refractivity contribution < 1.29 is 14.3 Å². The molecule has 2 aliphatic rings. The molecule has 0 bridgehead atoms. The Bertz CT molecular complexity index is 491. The summed E-state index contributed by atoms with van der Waals surface area (Å²) in [7, 11) is 0. The van der Waals surface area contributed by atoms with Crippen molar-refractivity contribution >= 4 is 6.09 Å². The van der Waals surface area contributed by atoms with Crippen molar-refractivity contribution in [3.05, 3.63) is 24.5 Å². The van der Waals surface area contributed by atoms with E-state index in [1.54, 1.807) is 12.4 Å². The first kappa shape index (κ1) is 16.1. The van der Waals surface area contributed by atoms with E-state index in [0.717, 1.165) is 57.5 Å². The van der Waals surface area contributed by atoms with Crippen molar-refractivity contribution in [1.29, 1.82) is 0 Å².